The van der Waals surface area contributed by atoms with Crippen LogP contribution >= 0.6 is 23.2 Å². The zero-order chi connectivity index (χ0) is 15.1. The largest absolute Gasteiger partial charge is 0.481 e. The number of fused-ring (bicyclic) bond motifs is 2. The van der Waals surface area contributed by atoms with Crippen molar-refractivity contribution in [3.8, 4) is 0 Å². The van der Waals surface area contributed by atoms with Gasteiger partial charge >= 0.3 is 5.97 Å². The van der Waals surface area contributed by atoms with Crippen molar-refractivity contribution in [2.75, 3.05) is 5.32 Å². The molecule has 112 valence electrons. The van der Waals surface area contributed by atoms with E-state index in [4.69, 9.17) is 23.2 Å². The van der Waals surface area contributed by atoms with Crippen molar-refractivity contribution in [2.45, 2.75) is 19.3 Å². The lowest BCUT2D eigenvalue weighted by atomic mass is 9.78. The van der Waals surface area contributed by atoms with Crippen molar-refractivity contribution in [1.82, 2.24) is 0 Å². The highest BCUT2D eigenvalue weighted by molar-refractivity contribution is 6.42. The fraction of sp³-hybridized carbons (Fsp3) is 0.467. The standard InChI is InChI=1S/C15H15Cl2NO3/c16-10-4-3-9(6-11(10)17)18-14(19)12-7-1-2-8(5-7)13(12)15(20)21/h3-4,6-8,12-13H,1-2,5H2,(H,18,19)(H,20,21)/t7-,8-,12+,13-/m0/s1. The number of aliphatic carboxylic acids is 1. The van der Waals surface area contributed by atoms with Crippen LogP contribution in [0.25, 0.3) is 0 Å². The highest BCUT2D eigenvalue weighted by Crippen LogP contribution is 2.52. The molecular formula is C15H15Cl2NO3. The molecule has 0 aromatic heterocycles. The molecule has 1 aromatic carbocycles. The number of amides is 1. The number of nitrogens with one attached hydrogen (secondary N) is 1. The molecule has 0 aliphatic heterocycles. The predicted octanol–water partition coefficient (Wildman–Crippen LogP) is 3.68. The summed E-state index contributed by atoms with van der Waals surface area (Å²) in [6.07, 6.45) is 2.70. The number of hydrogen-bond acceptors (Lipinski definition) is 2. The van der Waals surface area contributed by atoms with E-state index in [1.165, 1.54) is 0 Å². The molecular weight excluding hydrogens is 313 g/mol. The summed E-state index contributed by atoms with van der Waals surface area (Å²) in [7, 11) is 0. The van der Waals surface area contributed by atoms with E-state index in [0.29, 0.717) is 15.7 Å². The van der Waals surface area contributed by atoms with E-state index in [9.17, 15) is 14.7 Å². The normalized spacial score (nSPS) is 30.4. The summed E-state index contributed by atoms with van der Waals surface area (Å²) in [6, 6.07) is 4.84. The zero-order valence-corrected chi connectivity index (χ0v) is 12.7. The zero-order valence-electron chi connectivity index (χ0n) is 11.2. The Kier molecular flexibility index (Phi) is 3.84. The average molecular weight is 328 g/mol. The van der Waals surface area contributed by atoms with Crippen LogP contribution in [0.1, 0.15) is 19.3 Å². The molecule has 0 radical (unpaired) electrons. The van der Waals surface area contributed by atoms with Gasteiger partial charge in [0.15, 0.2) is 0 Å². The van der Waals surface area contributed by atoms with E-state index in [0.717, 1.165) is 19.3 Å². The predicted molar refractivity (Wildman–Crippen MR) is 80.5 cm³/mol. The van der Waals surface area contributed by atoms with Crippen molar-refractivity contribution in [1.29, 1.82) is 0 Å². The number of rotatable bonds is 3. The molecule has 2 fully saturated rings. The number of carboxylic acid groups (broad SMARTS) is 1. The molecule has 3 rings (SSSR count). The van der Waals surface area contributed by atoms with Crippen LogP contribution in [0.5, 0.6) is 0 Å². The summed E-state index contributed by atoms with van der Waals surface area (Å²) in [5.41, 5.74) is 0.543. The van der Waals surface area contributed by atoms with Gasteiger partial charge in [0.25, 0.3) is 0 Å². The van der Waals surface area contributed by atoms with Crippen LogP contribution in [-0.4, -0.2) is 17.0 Å². The number of hydrogen-bond donors (Lipinski definition) is 2. The first-order valence-corrected chi connectivity index (χ1v) is 7.71. The van der Waals surface area contributed by atoms with Gasteiger partial charge in [-0.05, 0) is 49.3 Å². The van der Waals surface area contributed by atoms with Crippen LogP contribution in [0.15, 0.2) is 18.2 Å². The Balaban J connectivity index is 1.78. The summed E-state index contributed by atoms with van der Waals surface area (Å²) < 4.78 is 0. The smallest absolute Gasteiger partial charge is 0.307 e. The summed E-state index contributed by atoms with van der Waals surface area (Å²) in [5.74, 6) is -1.79. The van der Waals surface area contributed by atoms with Gasteiger partial charge in [0.1, 0.15) is 0 Å². The quantitative estimate of drug-likeness (QED) is 0.889. The fourth-order valence-corrected chi connectivity index (χ4v) is 4.12. The van der Waals surface area contributed by atoms with Crippen molar-refractivity contribution in [3.05, 3.63) is 28.2 Å². The van der Waals surface area contributed by atoms with Gasteiger partial charge in [-0.25, -0.2) is 0 Å². The Hall–Kier alpha value is -1.26. The molecule has 2 aliphatic carbocycles. The molecule has 1 amide bonds. The maximum atomic E-state index is 12.5. The molecule has 2 bridgehead atoms. The minimum absolute atomic E-state index is 0.136. The van der Waals surface area contributed by atoms with Gasteiger partial charge in [-0.1, -0.05) is 23.2 Å². The number of benzene rings is 1. The Labute approximate surface area is 132 Å². The fourth-order valence-electron chi connectivity index (χ4n) is 3.82. The van der Waals surface area contributed by atoms with Gasteiger partial charge in [0.05, 0.1) is 21.9 Å². The van der Waals surface area contributed by atoms with E-state index in [1.54, 1.807) is 18.2 Å². The first kappa shape index (κ1) is 14.7. The van der Waals surface area contributed by atoms with Crippen LogP contribution in [-0.2, 0) is 9.59 Å². The molecule has 4 atom stereocenters. The Morgan fingerprint density at radius 2 is 1.76 bits per heavy atom. The average Bonchev–Trinajstić information content (AvgIpc) is 3.03. The molecule has 21 heavy (non-hydrogen) atoms. The SMILES string of the molecule is O=C(Nc1ccc(Cl)c(Cl)c1)[C@@H]1[C@H]2CC[C@@H](C2)[C@@H]1C(=O)O. The van der Waals surface area contributed by atoms with Gasteiger partial charge in [0.2, 0.25) is 5.91 Å². The number of halogens is 2. The molecule has 2 N–H and O–H groups in total. The third-order valence-corrected chi connectivity index (χ3v) is 5.43. The Bertz CT molecular complexity index is 605. The monoisotopic (exact) mass is 327 g/mol. The number of carbonyl (C=O) groups excluding carboxylic acids is 1. The maximum Gasteiger partial charge on any atom is 0.307 e. The summed E-state index contributed by atoms with van der Waals surface area (Å²) in [5, 5.41) is 12.9. The molecule has 6 heteroatoms. The first-order chi connectivity index (χ1) is 9.97. The second-order valence-corrected chi connectivity index (χ2v) is 6.66. The van der Waals surface area contributed by atoms with Crippen molar-refractivity contribution in [3.63, 3.8) is 0 Å². The van der Waals surface area contributed by atoms with Gasteiger partial charge in [-0.15, -0.1) is 0 Å². The van der Waals surface area contributed by atoms with Crippen molar-refractivity contribution in [2.24, 2.45) is 23.7 Å². The van der Waals surface area contributed by atoms with E-state index < -0.39 is 17.8 Å². The molecule has 1 aromatic rings. The first-order valence-electron chi connectivity index (χ1n) is 6.96. The van der Waals surface area contributed by atoms with Gasteiger partial charge in [-0.3, -0.25) is 9.59 Å². The van der Waals surface area contributed by atoms with Gasteiger partial charge in [-0.2, -0.15) is 0 Å². The molecule has 2 aliphatic rings. The van der Waals surface area contributed by atoms with Crippen LogP contribution in [0.4, 0.5) is 5.69 Å². The number of anilines is 1. The van der Waals surface area contributed by atoms with Crippen LogP contribution < -0.4 is 5.32 Å². The van der Waals surface area contributed by atoms with Gasteiger partial charge < -0.3 is 10.4 Å². The van der Waals surface area contributed by atoms with E-state index >= 15 is 0 Å². The second kappa shape index (κ2) is 5.50. The molecule has 4 nitrogen and oxygen atoms in total. The Morgan fingerprint density at radius 3 is 2.38 bits per heavy atom. The topological polar surface area (TPSA) is 66.4 Å². The third-order valence-electron chi connectivity index (χ3n) is 4.69. The summed E-state index contributed by atoms with van der Waals surface area (Å²) >= 11 is 11.8. The summed E-state index contributed by atoms with van der Waals surface area (Å²) in [6.45, 7) is 0. The lowest BCUT2D eigenvalue weighted by Crippen LogP contribution is -2.37. The highest BCUT2D eigenvalue weighted by atomic mass is 35.5. The number of carbonyl (C=O) groups is 2. The Morgan fingerprint density at radius 1 is 1.10 bits per heavy atom. The highest BCUT2D eigenvalue weighted by Gasteiger charge is 2.53. The minimum atomic E-state index is -0.864. The van der Waals surface area contributed by atoms with Crippen LogP contribution in [0.3, 0.4) is 0 Å². The number of carboxylic acids is 1. The molecule has 2 saturated carbocycles. The molecule has 0 spiro atoms. The lowest BCUT2D eigenvalue weighted by molar-refractivity contribution is -0.148. The van der Waals surface area contributed by atoms with Crippen molar-refractivity contribution >= 4 is 40.8 Å². The molecule has 0 unspecified atom stereocenters. The summed E-state index contributed by atoms with van der Waals surface area (Å²) in [4.78, 5) is 23.9. The van der Waals surface area contributed by atoms with Crippen molar-refractivity contribution < 1.29 is 14.7 Å². The van der Waals surface area contributed by atoms with Gasteiger partial charge in [0, 0.05) is 5.69 Å². The van der Waals surface area contributed by atoms with E-state index in [2.05, 4.69) is 5.32 Å². The third kappa shape index (κ3) is 2.62. The molecule has 0 saturated heterocycles. The van der Waals surface area contributed by atoms with Crippen LogP contribution in [0, 0.1) is 23.7 Å². The lowest BCUT2D eigenvalue weighted by Gasteiger charge is -2.27. The molecule has 0 heterocycles. The van der Waals surface area contributed by atoms with E-state index in [1.807, 2.05) is 0 Å². The maximum absolute atomic E-state index is 12.5. The van der Waals surface area contributed by atoms with Crippen LogP contribution in [0.2, 0.25) is 10.0 Å². The minimum Gasteiger partial charge on any atom is -0.481 e. The second-order valence-electron chi connectivity index (χ2n) is 5.84. The van der Waals surface area contributed by atoms with E-state index in [-0.39, 0.29) is 17.7 Å².